The van der Waals surface area contributed by atoms with Gasteiger partial charge in [-0.15, -0.1) is 0 Å². The molecule has 1 aromatic heterocycles. The first kappa shape index (κ1) is 25.5. The zero-order valence-electron chi connectivity index (χ0n) is 22.1. The van der Waals surface area contributed by atoms with Crippen molar-refractivity contribution in [1.29, 1.82) is 0 Å². The molecule has 0 spiro atoms. The van der Waals surface area contributed by atoms with Gasteiger partial charge in [0.15, 0.2) is 5.69 Å². The van der Waals surface area contributed by atoms with E-state index in [4.69, 9.17) is 4.74 Å². The van der Waals surface area contributed by atoms with E-state index in [0.29, 0.717) is 23.1 Å². The molecule has 0 amide bonds. The summed E-state index contributed by atoms with van der Waals surface area (Å²) >= 11 is 0. The lowest BCUT2D eigenvalue weighted by Crippen LogP contribution is -2.38. The lowest BCUT2D eigenvalue weighted by molar-refractivity contribution is -0.135. The summed E-state index contributed by atoms with van der Waals surface area (Å²) in [5, 5.41) is 12.7. The number of allylic oxidation sites excluding steroid dienone is 1. The summed E-state index contributed by atoms with van der Waals surface area (Å²) in [5.41, 5.74) is 1.80. The van der Waals surface area contributed by atoms with Crippen LogP contribution in [0, 0.1) is 11.8 Å². The molecule has 2 aromatic rings. The van der Waals surface area contributed by atoms with Gasteiger partial charge in [-0.1, -0.05) is 30.1 Å². The van der Waals surface area contributed by atoms with Crippen LogP contribution in [-0.4, -0.2) is 50.0 Å². The molecular weight excluding hydrogens is 468 g/mol. The number of rotatable bonds is 7. The van der Waals surface area contributed by atoms with Crippen LogP contribution < -0.4 is 5.56 Å². The van der Waals surface area contributed by atoms with Crippen molar-refractivity contribution < 1.29 is 14.7 Å². The number of hydrogen-bond acceptors (Lipinski definition) is 7. The zero-order valence-corrected chi connectivity index (χ0v) is 22.1. The largest absolute Gasteiger partial charge is 0.461 e. The second-order valence-electron chi connectivity index (χ2n) is 10.9. The minimum Gasteiger partial charge on any atom is -0.461 e. The number of oxime groups is 1. The van der Waals surface area contributed by atoms with Crippen molar-refractivity contribution >= 4 is 22.7 Å². The van der Waals surface area contributed by atoms with Crippen molar-refractivity contribution in [3.05, 3.63) is 52.1 Å². The molecule has 8 nitrogen and oxygen atoms in total. The van der Waals surface area contributed by atoms with Gasteiger partial charge in [-0.3, -0.25) is 4.79 Å². The monoisotopic (exact) mass is 506 g/mol. The zero-order chi connectivity index (χ0) is 26.1. The number of carbonyl (C=O) groups excluding carboxylic acids is 1. The first-order valence-corrected chi connectivity index (χ1v) is 13.8. The van der Waals surface area contributed by atoms with E-state index in [-0.39, 0.29) is 18.3 Å². The molecule has 8 heteroatoms. The third-order valence-electron chi connectivity index (χ3n) is 8.66. The maximum atomic E-state index is 13.7. The van der Waals surface area contributed by atoms with Crippen LogP contribution in [0.5, 0.6) is 0 Å². The highest BCUT2D eigenvalue weighted by Crippen LogP contribution is 2.49. The molecule has 37 heavy (non-hydrogen) atoms. The first-order chi connectivity index (χ1) is 17.9. The molecule has 1 aliphatic heterocycles. The van der Waals surface area contributed by atoms with E-state index in [1.54, 1.807) is 23.1 Å². The fourth-order valence-electron chi connectivity index (χ4n) is 6.72. The van der Waals surface area contributed by atoms with Gasteiger partial charge in [-0.05, 0) is 95.0 Å². The molecule has 1 aromatic carbocycles. The lowest BCUT2D eigenvalue weighted by Gasteiger charge is -2.40. The highest BCUT2D eigenvalue weighted by molar-refractivity contribution is 6.42. The molecule has 0 radical (unpaired) electrons. The molecule has 1 N–H and O–H groups in total. The molecule has 2 heterocycles. The van der Waals surface area contributed by atoms with Gasteiger partial charge in [0.2, 0.25) is 5.71 Å². The average molecular weight is 507 g/mol. The van der Waals surface area contributed by atoms with Crippen LogP contribution in [0.1, 0.15) is 83.9 Å². The van der Waals surface area contributed by atoms with E-state index in [1.807, 2.05) is 18.2 Å². The second-order valence-corrected chi connectivity index (χ2v) is 10.9. The summed E-state index contributed by atoms with van der Waals surface area (Å²) in [7, 11) is 0. The third-order valence-corrected chi connectivity index (χ3v) is 8.66. The molecule has 2 saturated carbocycles. The predicted molar refractivity (Wildman–Crippen MR) is 143 cm³/mol. The van der Waals surface area contributed by atoms with Crippen molar-refractivity contribution in [2.45, 2.75) is 90.3 Å². The number of hydrogen-bond donors (Lipinski definition) is 1. The molecular formula is C29H38N4O4. The number of esters is 1. The Balaban J connectivity index is 1.48. The molecule has 2 aliphatic carbocycles. The molecule has 198 valence electrons. The number of aromatic nitrogens is 2. The number of fused-ring (bicyclic) bond motifs is 3. The number of likely N-dealkylation sites (tertiary alicyclic amines) is 1. The van der Waals surface area contributed by atoms with Gasteiger partial charge in [-0.25, -0.2) is 9.78 Å². The number of ether oxygens (including phenoxy) is 1. The quantitative estimate of drug-likeness (QED) is 0.245. The number of para-hydroxylation sites is 2. The third kappa shape index (κ3) is 4.78. The SMILES string of the molecule is CCOC(=O)/C(=N\O)c1nc2ccccc2n([C@@H](C)C[C@@H]2CC[C@H](C)N2C=C2C3CCCCC2C3)c1=O. The number of nitrogens with zero attached hydrogens (tertiary/aromatic N) is 4. The van der Waals surface area contributed by atoms with E-state index in [0.717, 1.165) is 31.1 Å². The summed E-state index contributed by atoms with van der Waals surface area (Å²) in [4.78, 5) is 33.1. The number of carbonyl (C=O) groups is 1. The highest BCUT2D eigenvalue weighted by Gasteiger charge is 2.39. The fraction of sp³-hybridized carbons (Fsp3) is 0.586. The van der Waals surface area contributed by atoms with Crippen LogP contribution in [0.15, 0.2) is 46.0 Å². The average Bonchev–Trinajstić information content (AvgIpc) is 3.05. The Kier molecular flexibility index (Phi) is 7.36. The van der Waals surface area contributed by atoms with Crippen LogP contribution in [0.25, 0.3) is 11.0 Å². The van der Waals surface area contributed by atoms with Crippen molar-refractivity contribution in [1.82, 2.24) is 14.5 Å². The standard InChI is InChI=1S/C29H38N4O4/c1-4-37-29(35)27(31-36)26-28(34)33(25-12-8-7-11-24(25)30-26)19(3)15-22-14-13-18(2)32(22)17-23-20-9-5-6-10-21(23)16-20/h7-8,11-12,17-22,36H,4-6,9-10,13-16H2,1-3H3/b23-17?,31-27-/t18-,19-,20?,21?,22-/m0/s1. The van der Waals surface area contributed by atoms with Crippen LogP contribution in [0.4, 0.5) is 0 Å². The van der Waals surface area contributed by atoms with Gasteiger partial charge in [0.1, 0.15) is 0 Å². The van der Waals surface area contributed by atoms with Crippen LogP contribution in [-0.2, 0) is 9.53 Å². The molecule has 2 bridgehead atoms. The van der Waals surface area contributed by atoms with Gasteiger partial charge in [0.25, 0.3) is 5.56 Å². The first-order valence-electron chi connectivity index (χ1n) is 13.8. The van der Waals surface area contributed by atoms with Crippen molar-refractivity contribution in [3.8, 4) is 0 Å². The molecule has 5 rings (SSSR count). The Morgan fingerprint density at radius 1 is 1.22 bits per heavy atom. The Labute approximate surface area is 218 Å². The minimum atomic E-state index is -0.867. The molecule has 3 fully saturated rings. The van der Waals surface area contributed by atoms with E-state index >= 15 is 0 Å². The van der Waals surface area contributed by atoms with Gasteiger partial charge in [0, 0.05) is 18.1 Å². The van der Waals surface area contributed by atoms with Crippen LogP contribution in [0.2, 0.25) is 0 Å². The number of benzene rings is 1. The molecule has 3 aliphatic rings. The summed E-state index contributed by atoms with van der Waals surface area (Å²) < 4.78 is 6.72. The van der Waals surface area contributed by atoms with E-state index in [9.17, 15) is 14.8 Å². The van der Waals surface area contributed by atoms with E-state index < -0.39 is 17.2 Å². The molecule has 5 atom stereocenters. The summed E-state index contributed by atoms with van der Waals surface area (Å²) in [6, 6.07) is 8.05. The smallest absolute Gasteiger partial charge is 0.362 e. The Morgan fingerprint density at radius 2 is 1.95 bits per heavy atom. The minimum absolute atomic E-state index is 0.100. The summed E-state index contributed by atoms with van der Waals surface area (Å²) in [5.74, 6) is 0.645. The molecule has 2 unspecified atom stereocenters. The normalized spacial score (nSPS) is 26.5. The van der Waals surface area contributed by atoms with Crippen molar-refractivity contribution in [2.75, 3.05) is 6.61 Å². The van der Waals surface area contributed by atoms with E-state index in [2.05, 4.69) is 35.1 Å². The van der Waals surface area contributed by atoms with Gasteiger partial charge >= 0.3 is 5.97 Å². The highest BCUT2D eigenvalue weighted by atomic mass is 16.5. The van der Waals surface area contributed by atoms with Gasteiger partial charge in [0.05, 0.1) is 17.6 Å². The lowest BCUT2D eigenvalue weighted by atomic mass is 9.69. The summed E-state index contributed by atoms with van der Waals surface area (Å²) in [6.45, 7) is 6.11. The van der Waals surface area contributed by atoms with Crippen molar-refractivity contribution in [2.24, 2.45) is 17.0 Å². The Morgan fingerprint density at radius 3 is 2.65 bits per heavy atom. The Bertz CT molecular complexity index is 1260. The predicted octanol–water partition coefficient (Wildman–Crippen LogP) is 5.04. The fourth-order valence-corrected chi connectivity index (χ4v) is 6.72. The molecule has 1 saturated heterocycles. The van der Waals surface area contributed by atoms with E-state index in [1.165, 1.54) is 32.1 Å². The van der Waals surface area contributed by atoms with Gasteiger partial charge in [-0.2, -0.15) is 0 Å². The Hall–Kier alpha value is -3.16. The van der Waals surface area contributed by atoms with Crippen LogP contribution in [0.3, 0.4) is 0 Å². The van der Waals surface area contributed by atoms with Gasteiger partial charge < -0.3 is 19.4 Å². The maximum absolute atomic E-state index is 13.7. The van der Waals surface area contributed by atoms with Crippen LogP contribution >= 0.6 is 0 Å². The van der Waals surface area contributed by atoms with Crippen molar-refractivity contribution in [3.63, 3.8) is 0 Å². The maximum Gasteiger partial charge on any atom is 0.362 e. The summed E-state index contributed by atoms with van der Waals surface area (Å²) in [6.07, 6.45) is 12.2. The second kappa shape index (κ2) is 10.7. The topological polar surface area (TPSA) is 97.0 Å².